The average molecular weight is 427 g/mol. The van der Waals surface area contributed by atoms with E-state index in [1.807, 2.05) is 6.92 Å². The van der Waals surface area contributed by atoms with Crippen molar-refractivity contribution >= 4 is 17.8 Å². The smallest absolute Gasteiger partial charge is 0.305 e. The molecule has 0 bridgehead atoms. The molecular formula is C24H46N2O4. The summed E-state index contributed by atoms with van der Waals surface area (Å²) in [5, 5.41) is 14.0. The van der Waals surface area contributed by atoms with Gasteiger partial charge in [-0.25, -0.2) is 0 Å². The number of hydrogen-bond acceptors (Lipinski definition) is 3. The summed E-state index contributed by atoms with van der Waals surface area (Å²) in [6.07, 6.45) is 19.6. The molecule has 0 fully saturated rings. The van der Waals surface area contributed by atoms with Crippen LogP contribution in [0.15, 0.2) is 0 Å². The Hall–Kier alpha value is -1.59. The zero-order chi connectivity index (χ0) is 22.3. The number of aliphatic carboxylic acids is 1. The van der Waals surface area contributed by atoms with Crippen LogP contribution >= 0.6 is 0 Å². The van der Waals surface area contributed by atoms with Crippen molar-refractivity contribution in [1.82, 2.24) is 10.6 Å². The van der Waals surface area contributed by atoms with E-state index in [2.05, 4.69) is 10.6 Å². The quantitative estimate of drug-likeness (QED) is 0.203. The van der Waals surface area contributed by atoms with Gasteiger partial charge in [0, 0.05) is 25.9 Å². The van der Waals surface area contributed by atoms with Crippen molar-refractivity contribution < 1.29 is 19.5 Å². The molecule has 6 nitrogen and oxygen atoms in total. The van der Waals surface area contributed by atoms with Crippen molar-refractivity contribution in [1.29, 1.82) is 0 Å². The number of carbonyl (C=O) groups excluding carboxylic acids is 2. The van der Waals surface area contributed by atoms with E-state index in [0.717, 1.165) is 25.8 Å². The predicted octanol–water partition coefficient (Wildman–Crippen LogP) is 5.35. The van der Waals surface area contributed by atoms with E-state index in [0.29, 0.717) is 12.8 Å². The highest BCUT2D eigenvalue weighted by molar-refractivity contribution is 5.76. The molecule has 0 aromatic carbocycles. The molecule has 0 unspecified atom stereocenters. The van der Waals surface area contributed by atoms with Crippen molar-refractivity contribution in [3.05, 3.63) is 0 Å². The third kappa shape index (κ3) is 22.7. The van der Waals surface area contributed by atoms with Gasteiger partial charge < -0.3 is 15.7 Å². The summed E-state index contributed by atoms with van der Waals surface area (Å²) in [6.45, 7) is 2.92. The van der Waals surface area contributed by atoms with E-state index in [4.69, 9.17) is 5.11 Å². The Morgan fingerprint density at radius 1 is 0.533 bits per heavy atom. The zero-order valence-corrected chi connectivity index (χ0v) is 19.3. The minimum atomic E-state index is -0.878. The van der Waals surface area contributed by atoms with Gasteiger partial charge in [0.2, 0.25) is 11.8 Å². The van der Waals surface area contributed by atoms with Gasteiger partial charge in [-0.15, -0.1) is 0 Å². The molecule has 2 amide bonds. The molecule has 0 spiro atoms. The van der Waals surface area contributed by atoms with E-state index in [1.54, 1.807) is 0 Å². The number of carboxylic acid groups (broad SMARTS) is 1. The molecule has 6 heteroatoms. The van der Waals surface area contributed by atoms with Gasteiger partial charge in [-0.1, -0.05) is 83.5 Å². The number of rotatable bonds is 22. The molecule has 0 rings (SSSR count). The van der Waals surface area contributed by atoms with Gasteiger partial charge in [-0.2, -0.15) is 0 Å². The van der Waals surface area contributed by atoms with Crippen molar-refractivity contribution in [3.8, 4) is 0 Å². The van der Waals surface area contributed by atoms with E-state index < -0.39 is 5.97 Å². The van der Waals surface area contributed by atoms with Gasteiger partial charge in [0.15, 0.2) is 0 Å². The van der Waals surface area contributed by atoms with Gasteiger partial charge in [-0.3, -0.25) is 14.4 Å². The van der Waals surface area contributed by atoms with Crippen LogP contribution < -0.4 is 10.6 Å². The monoisotopic (exact) mass is 426 g/mol. The van der Waals surface area contributed by atoms with Crippen LogP contribution in [0.1, 0.15) is 122 Å². The van der Waals surface area contributed by atoms with Crippen molar-refractivity contribution in [2.75, 3.05) is 13.1 Å². The summed E-state index contributed by atoms with van der Waals surface area (Å²) in [4.78, 5) is 33.2. The van der Waals surface area contributed by atoms with Gasteiger partial charge in [0.05, 0.1) is 6.42 Å². The van der Waals surface area contributed by atoms with E-state index in [-0.39, 0.29) is 24.8 Å². The highest BCUT2D eigenvalue weighted by atomic mass is 16.4. The maximum absolute atomic E-state index is 11.5. The lowest BCUT2D eigenvalue weighted by atomic mass is 10.0. The van der Waals surface area contributed by atoms with Gasteiger partial charge in [-0.05, 0) is 19.8 Å². The minimum absolute atomic E-state index is 0.00774. The second kappa shape index (κ2) is 22.1. The first-order valence-electron chi connectivity index (χ1n) is 12.3. The maximum atomic E-state index is 11.5. The van der Waals surface area contributed by atoms with Crippen molar-refractivity contribution in [2.45, 2.75) is 122 Å². The number of unbranched alkanes of at least 4 members (excludes halogenated alkanes) is 14. The van der Waals surface area contributed by atoms with Crippen LogP contribution in [0.3, 0.4) is 0 Å². The third-order valence-corrected chi connectivity index (χ3v) is 5.34. The molecule has 0 saturated carbocycles. The Bertz CT molecular complexity index is 441. The molecule has 0 heterocycles. The zero-order valence-electron chi connectivity index (χ0n) is 19.3. The highest BCUT2D eigenvalue weighted by Crippen LogP contribution is 2.14. The van der Waals surface area contributed by atoms with Gasteiger partial charge in [0.25, 0.3) is 0 Å². The number of nitrogens with one attached hydrogen (secondary N) is 2. The molecule has 30 heavy (non-hydrogen) atoms. The lowest BCUT2D eigenvalue weighted by Crippen LogP contribution is -2.25. The average Bonchev–Trinajstić information content (AvgIpc) is 2.70. The summed E-state index contributed by atoms with van der Waals surface area (Å²) in [5.41, 5.74) is 0. The molecule has 176 valence electrons. The summed E-state index contributed by atoms with van der Waals surface area (Å²) in [5.74, 6) is -0.720. The fraction of sp³-hybridized carbons (Fsp3) is 0.875. The van der Waals surface area contributed by atoms with E-state index >= 15 is 0 Å². The molecule has 0 aliphatic rings. The molecular weight excluding hydrogens is 380 g/mol. The number of carbonyl (C=O) groups is 3. The fourth-order valence-electron chi connectivity index (χ4n) is 3.55. The van der Waals surface area contributed by atoms with Crippen molar-refractivity contribution in [2.24, 2.45) is 0 Å². The fourth-order valence-corrected chi connectivity index (χ4v) is 3.55. The van der Waals surface area contributed by atoms with Gasteiger partial charge in [0.1, 0.15) is 0 Å². The highest BCUT2D eigenvalue weighted by Gasteiger charge is 2.02. The molecule has 0 aliphatic carbocycles. The van der Waals surface area contributed by atoms with Crippen LogP contribution in [-0.2, 0) is 14.4 Å². The summed E-state index contributed by atoms with van der Waals surface area (Å²) < 4.78 is 0. The molecule has 0 saturated heterocycles. The van der Waals surface area contributed by atoms with E-state index in [9.17, 15) is 14.4 Å². The SMILES string of the molecule is CCNC(=O)CCCCCCCCCCCCCCCCCC(=O)NCCC(=O)O. The Labute approximate surface area is 184 Å². The largest absolute Gasteiger partial charge is 0.481 e. The van der Waals surface area contributed by atoms with Crippen LogP contribution in [0.2, 0.25) is 0 Å². The van der Waals surface area contributed by atoms with Crippen LogP contribution in [-0.4, -0.2) is 36.0 Å². The summed E-state index contributed by atoms with van der Waals surface area (Å²) >= 11 is 0. The predicted molar refractivity (Wildman–Crippen MR) is 122 cm³/mol. The summed E-state index contributed by atoms with van der Waals surface area (Å²) in [7, 11) is 0. The van der Waals surface area contributed by atoms with Crippen LogP contribution in [0.5, 0.6) is 0 Å². The lowest BCUT2D eigenvalue weighted by molar-refractivity contribution is -0.137. The first-order valence-corrected chi connectivity index (χ1v) is 12.3. The molecule has 0 radical (unpaired) electrons. The third-order valence-electron chi connectivity index (χ3n) is 5.34. The topological polar surface area (TPSA) is 95.5 Å². The number of amides is 2. The first-order chi connectivity index (χ1) is 14.6. The van der Waals surface area contributed by atoms with Crippen molar-refractivity contribution in [3.63, 3.8) is 0 Å². The van der Waals surface area contributed by atoms with E-state index in [1.165, 1.54) is 77.0 Å². The maximum Gasteiger partial charge on any atom is 0.305 e. The molecule has 0 aromatic rings. The Morgan fingerprint density at radius 3 is 1.20 bits per heavy atom. The number of carboxylic acids is 1. The van der Waals surface area contributed by atoms with Crippen LogP contribution in [0, 0.1) is 0 Å². The minimum Gasteiger partial charge on any atom is -0.481 e. The summed E-state index contributed by atoms with van der Waals surface area (Å²) in [6, 6.07) is 0. The molecule has 0 aromatic heterocycles. The Balaban J connectivity index is 3.15. The molecule has 0 aliphatic heterocycles. The van der Waals surface area contributed by atoms with Gasteiger partial charge >= 0.3 is 5.97 Å². The lowest BCUT2D eigenvalue weighted by Gasteiger charge is -2.05. The molecule has 0 atom stereocenters. The standard InChI is InChI=1S/C24H46N2O4/c1-2-25-22(27)18-16-14-12-10-8-6-4-3-5-7-9-11-13-15-17-19-23(28)26-21-20-24(29)30/h2-21H2,1H3,(H,25,27)(H,26,28)(H,29,30). The first kappa shape index (κ1) is 28.4. The van der Waals surface area contributed by atoms with Crippen LogP contribution in [0.4, 0.5) is 0 Å². The Kier molecular flexibility index (Phi) is 20.9. The van der Waals surface area contributed by atoms with Crippen LogP contribution in [0.25, 0.3) is 0 Å². The second-order valence-electron chi connectivity index (χ2n) is 8.25. The normalized spacial score (nSPS) is 10.7. The second-order valence-corrected chi connectivity index (χ2v) is 8.25. The molecule has 3 N–H and O–H groups in total. The number of hydrogen-bond donors (Lipinski definition) is 3. The Morgan fingerprint density at radius 2 is 0.867 bits per heavy atom.